The van der Waals surface area contributed by atoms with E-state index in [1.807, 2.05) is 12.5 Å². The molecule has 0 saturated heterocycles. The van der Waals surface area contributed by atoms with Gasteiger partial charge >= 0.3 is 0 Å². The third-order valence-corrected chi connectivity index (χ3v) is 2.12. The topological polar surface area (TPSA) is 17.8 Å². The SMILES string of the molecule is CC(C)Cn1cncc1I. The molecule has 0 atom stereocenters. The van der Waals surface area contributed by atoms with Gasteiger partial charge in [0.05, 0.1) is 16.2 Å². The summed E-state index contributed by atoms with van der Waals surface area (Å²) in [6.07, 6.45) is 3.75. The van der Waals surface area contributed by atoms with Crippen LogP contribution < -0.4 is 0 Å². The van der Waals surface area contributed by atoms with Gasteiger partial charge in [-0.15, -0.1) is 0 Å². The minimum atomic E-state index is 0.697. The number of imidazole rings is 1. The quantitative estimate of drug-likeness (QED) is 0.735. The van der Waals surface area contributed by atoms with Gasteiger partial charge in [0.25, 0.3) is 0 Å². The average molecular weight is 250 g/mol. The molecule has 0 bridgehead atoms. The van der Waals surface area contributed by atoms with Gasteiger partial charge < -0.3 is 4.57 Å². The van der Waals surface area contributed by atoms with E-state index in [-0.39, 0.29) is 0 Å². The second kappa shape index (κ2) is 3.37. The maximum atomic E-state index is 4.03. The standard InChI is InChI=1S/C7H11IN2/c1-6(2)4-10-5-9-3-7(10)8/h3,5-6H,4H2,1-2H3. The van der Waals surface area contributed by atoms with Crippen molar-refractivity contribution in [3.8, 4) is 0 Å². The maximum Gasteiger partial charge on any atom is 0.0995 e. The molecule has 56 valence electrons. The zero-order valence-corrected chi connectivity index (χ0v) is 8.37. The molecule has 1 heterocycles. The minimum Gasteiger partial charge on any atom is -0.326 e. The lowest BCUT2D eigenvalue weighted by molar-refractivity contribution is 0.516. The first-order valence-corrected chi connectivity index (χ1v) is 4.43. The molecule has 2 nitrogen and oxygen atoms in total. The predicted molar refractivity (Wildman–Crippen MR) is 49.8 cm³/mol. The predicted octanol–water partition coefficient (Wildman–Crippen LogP) is 2.14. The molecule has 3 heteroatoms. The molecular weight excluding hydrogens is 239 g/mol. The molecule has 0 saturated carbocycles. The van der Waals surface area contributed by atoms with Crippen LogP contribution in [-0.2, 0) is 6.54 Å². The van der Waals surface area contributed by atoms with Crippen LogP contribution in [-0.4, -0.2) is 9.55 Å². The highest BCUT2D eigenvalue weighted by Crippen LogP contribution is 2.06. The van der Waals surface area contributed by atoms with Crippen LogP contribution in [0.1, 0.15) is 13.8 Å². The first-order valence-electron chi connectivity index (χ1n) is 3.36. The van der Waals surface area contributed by atoms with Gasteiger partial charge in [-0.2, -0.15) is 0 Å². The first-order chi connectivity index (χ1) is 4.70. The summed E-state index contributed by atoms with van der Waals surface area (Å²) in [4.78, 5) is 4.03. The Balaban J connectivity index is 2.65. The van der Waals surface area contributed by atoms with Gasteiger partial charge in [-0.05, 0) is 28.5 Å². The monoisotopic (exact) mass is 250 g/mol. The number of hydrogen-bond acceptors (Lipinski definition) is 1. The van der Waals surface area contributed by atoms with Crippen LogP contribution in [0, 0.1) is 9.62 Å². The lowest BCUT2D eigenvalue weighted by atomic mass is 10.2. The van der Waals surface area contributed by atoms with Crippen LogP contribution in [0.3, 0.4) is 0 Å². The van der Waals surface area contributed by atoms with Gasteiger partial charge in [0, 0.05) is 6.54 Å². The van der Waals surface area contributed by atoms with Gasteiger partial charge in [0.1, 0.15) is 0 Å². The first kappa shape index (κ1) is 8.04. The van der Waals surface area contributed by atoms with Crippen molar-refractivity contribution in [1.29, 1.82) is 0 Å². The van der Waals surface area contributed by atoms with Crippen LogP contribution in [0.2, 0.25) is 0 Å². The van der Waals surface area contributed by atoms with E-state index in [0.717, 1.165) is 6.54 Å². The lowest BCUT2D eigenvalue weighted by Crippen LogP contribution is -2.04. The Labute approximate surface area is 74.8 Å². The fourth-order valence-corrected chi connectivity index (χ4v) is 1.31. The Hall–Kier alpha value is -0.0600. The van der Waals surface area contributed by atoms with E-state index in [0.29, 0.717) is 5.92 Å². The molecule has 0 unspecified atom stereocenters. The third-order valence-electron chi connectivity index (χ3n) is 1.22. The molecule has 0 aliphatic carbocycles. The second-order valence-corrected chi connectivity index (χ2v) is 3.87. The maximum absolute atomic E-state index is 4.03. The largest absolute Gasteiger partial charge is 0.326 e. The summed E-state index contributed by atoms with van der Waals surface area (Å²) >= 11 is 2.29. The van der Waals surface area contributed by atoms with Gasteiger partial charge in [-0.1, -0.05) is 13.8 Å². The van der Waals surface area contributed by atoms with E-state index in [4.69, 9.17) is 0 Å². The summed E-state index contributed by atoms with van der Waals surface area (Å²) in [5.41, 5.74) is 0. The van der Waals surface area contributed by atoms with Crippen molar-refractivity contribution in [3.05, 3.63) is 16.2 Å². The molecule has 0 aliphatic rings. The van der Waals surface area contributed by atoms with E-state index >= 15 is 0 Å². The second-order valence-electron chi connectivity index (χ2n) is 2.76. The molecule has 10 heavy (non-hydrogen) atoms. The summed E-state index contributed by atoms with van der Waals surface area (Å²) in [5, 5.41) is 0. The van der Waals surface area contributed by atoms with Crippen molar-refractivity contribution in [3.63, 3.8) is 0 Å². The zero-order valence-electron chi connectivity index (χ0n) is 6.21. The third kappa shape index (κ3) is 1.97. The Morgan fingerprint density at radius 3 is 2.80 bits per heavy atom. The Kier molecular flexibility index (Phi) is 2.71. The van der Waals surface area contributed by atoms with Crippen LogP contribution in [0.5, 0.6) is 0 Å². The average Bonchev–Trinajstić information content (AvgIpc) is 2.15. The van der Waals surface area contributed by atoms with Gasteiger partial charge in [0.15, 0.2) is 0 Å². The van der Waals surface area contributed by atoms with E-state index in [1.165, 1.54) is 3.70 Å². The number of aromatic nitrogens is 2. The molecule has 1 rings (SSSR count). The molecule has 0 aliphatic heterocycles. The summed E-state index contributed by atoms with van der Waals surface area (Å²) in [5.74, 6) is 0.697. The smallest absolute Gasteiger partial charge is 0.0995 e. The fraction of sp³-hybridized carbons (Fsp3) is 0.571. The number of halogens is 1. The Bertz CT molecular complexity index is 205. The van der Waals surface area contributed by atoms with Crippen molar-refractivity contribution in [2.45, 2.75) is 20.4 Å². The molecule has 0 fully saturated rings. The Morgan fingerprint density at radius 1 is 1.70 bits per heavy atom. The normalized spacial score (nSPS) is 10.8. The highest BCUT2D eigenvalue weighted by Gasteiger charge is 1.98. The number of hydrogen-bond donors (Lipinski definition) is 0. The van der Waals surface area contributed by atoms with Crippen molar-refractivity contribution in [2.24, 2.45) is 5.92 Å². The van der Waals surface area contributed by atoms with E-state index in [1.54, 1.807) is 0 Å². The molecule has 1 aromatic rings. The van der Waals surface area contributed by atoms with E-state index < -0.39 is 0 Å². The Morgan fingerprint density at radius 2 is 2.40 bits per heavy atom. The highest BCUT2D eigenvalue weighted by atomic mass is 127. The highest BCUT2D eigenvalue weighted by molar-refractivity contribution is 14.1. The van der Waals surface area contributed by atoms with Crippen LogP contribution in [0.25, 0.3) is 0 Å². The summed E-state index contributed by atoms with van der Waals surface area (Å²) in [6, 6.07) is 0. The van der Waals surface area contributed by atoms with Gasteiger partial charge in [-0.25, -0.2) is 4.98 Å². The summed E-state index contributed by atoms with van der Waals surface area (Å²) < 4.78 is 3.37. The van der Waals surface area contributed by atoms with E-state index in [9.17, 15) is 0 Å². The van der Waals surface area contributed by atoms with Crippen LogP contribution >= 0.6 is 22.6 Å². The number of rotatable bonds is 2. The fourth-order valence-electron chi connectivity index (χ4n) is 0.832. The molecule has 0 amide bonds. The molecule has 0 spiro atoms. The number of nitrogens with zero attached hydrogens (tertiary/aromatic N) is 2. The van der Waals surface area contributed by atoms with Crippen molar-refractivity contribution in [1.82, 2.24) is 9.55 Å². The van der Waals surface area contributed by atoms with Crippen LogP contribution in [0.15, 0.2) is 12.5 Å². The molecule has 0 radical (unpaired) electrons. The zero-order chi connectivity index (χ0) is 7.56. The minimum absolute atomic E-state index is 0.697. The molecule has 0 N–H and O–H groups in total. The molecular formula is C7H11IN2. The summed E-state index contributed by atoms with van der Waals surface area (Å²) in [7, 11) is 0. The molecule has 1 aromatic heterocycles. The van der Waals surface area contributed by atoms with Gasteiger partial charge in [0.2, 0.25) is 0 Å². The van der Waals surface area contributed by atoms with Crippen molar-refractivity contribution >= 4 is 22.6 Å². The van der Waals surface area contributed by atoms with E-state index in [2.05, 4.69) is 46.0 Å². The van der Waals surface area contributed by atoms with Crippen molar-refractivity contribution < 1.29 is 0 Å². The molecule has 0 aromatic carbocycles. The lowest BCUT2D eigenvalue weighted by Gasteiger charge is -2.05. The van der Waals surface area contributed by atoms with Gasteiger partial charge in [-0.3, -0.25) is 0 Å². The summed E-state index contributed by atoms with van der Waals surface area (Å²) in [6.45, 7) is 5.48. The van der Waals surface area contributed by atoms with Crippen molar-refractivity contribution in [2.75, 3.05) is 0 Å². The van der Waals surface area contributed by atoms with Crippen LogP contribution in [0.4, 0.5) is 0 Å².